The summed E-state index contributed by atoms with van der Waals surface area (Å²) in [5.41, 5.74) is 0. The minimum Gasteiger partial charge on any atom is -0.480 e. The predicted octanol–water partition coefficient (Wildman–Crippen LogP) is -0.601. The first-order valence-electron chi connectivity index (χ1n) is 3.65. The zero-order valence-electron chi connectivity index (χ0n) is 6.65. The largest absolute Gasteiger partial charge is 0.480 e. The number of carboxylic acids is 1. The Morgan fingerprint density at radius 2 is 2.17 bits per heavy atom. The fraction of sp³-hybridized carbons (Fsp3) is 0.833. The topological polar surface area (TPSA) is 83.5 Å². The van der Waals surface area contributed by atoms with Crippen molar-refractivity contribution in [1.82, 2.24) is 4.72 Å². The van der Waals surface area contributed by atoms with Gasteiger partial charge in [-0.25, -0.2) is 13.1 Å². The molecule has 2 atom stereocenters. The van der Waals surface area contributed by atoms with E-state index in [0.29, 0.717) is 6.42 Å². The second-order valence-electron chi connectivity index (χ2n) is 3.02. The van der Waals surface area contributed by atoms with Gasteiger partial charge in [0.05, 0.1) is 5.75 Å². The first kappa shape index (κ1) is 9.47. The van der Waals surface area contributed by atoms with E-state index in [2.05, 4.69) is 4.72 Å². The van der Waals surface area contributed by atoms with Gasteiger partial charge in [0.1, 0.15) is 6.04 Å². The van der Waals surface area contributed by atoms with Crippen LogP contribution in [0.25, 0.3) is 0 Å². The molecule has 1 saturated heterocycles. The molecule has 1 aliphatic heterocycles. The van der Waals surface area contributed by atoms with Crippen molar-refractivity contribution in [1.29, 1.82) is 0 Å². The van der Waals surface area contributed by atoms with Crippen molar-refractivity contribution in [3.63, 3.8) is 0 Å². The molecule has 0 saturated carbocycles. The van der Waals surface area contributed by atoms with Crippen LogP contribution >= 0.6 is 0 Å². The molecule has 0 aromatic carbocycles. The molecule has 70 valence electrons. The molecule has 1 aliphatic rings. The maximum atomic E-state index is 10.9. The second-order valence-corrected chi connectivity index (χ2v) is 4.89. The maximum absolute atomic E-state index is 10.9. The number of carboxylic acid groups (broad SMARTS) is 1. The molecule has 0 aromatic heterocycles. The van der Waals surface area contributed by atoms with E-state index in [9.17, 15) is 13.2 Å². The van der Waals surface area contributed by atoms with E-state index >= 15 is 0 Å². The third-order valence-electron chi connectivity index (χ3n) is 1.98. The van der Waals surface area contributed by atoms with Gasteiger partial charge in [-0.1, -0.05) is 6.92 Å². The summed E-state index contributed by atoms with van der Waals surface area (Å²) in [7, 11) is -3.34. The minimum atomic E-state index is -3.34. The third-order valence-corrected chi connectivity index (χ3v) is 3.37. The van der Waals surface area contributed by atoms with Crippen molar-refractivity contribution in [2.75, 3.05) is 5.75 Å². The van der Waals surface area contributed by atoms with Crippen molar-refractivity contribution >= 4 is 16.0 Å². The molecular weight excluding hydrogens is 182 g/mol. The van der Waals surface area contributed by atoms with E-state index in [1.54, 1.807) is 6.92 Å². The summed E-state index contributed by atoms with van der Waals surface area (Å²) in [5, 5.41) is 8.61. The highest BCUT2D eigenvalue weighted by Gasteiger charge is 2.34. The molecule has 2 N–H and O–H groups in total. The van der Waals surface area contributed by atoms with Crippen LogP contribution in [0.15, 0.2) is 0 Å². The molecule has 0 radical (unpaired) electrons. The minimum absolute atomic E-state index is 0.0257. The normalized spacial score (nSPS) is 34.4. The Hall–Kier alpha value is -0.620. The number of sulfonamides is 1. The summed E-state index contributed by atoms with van der Waals surface area (Å²) in [6, 6.07) is -0.955. The van der Waals surface area contributed by atoms with Gasteiger partial charge in [-0.3, -0.25) is 4.79 Å². The Morgan fingerprint density at radius 1 is 1.58 bits per heavy atom. The first-order valence-corrected chi connectivity index (χ1v) is 5.30. The van der Waals surface area contributed by atoms with Crippen LogP contribution in [0.2, 0.25) is 0 Å². The fourth-order valence-corrected chi connectivity index (χ4v) is 2.69. The summed E-state index contributed by atoms with van der Waals surface area (Å²) in [6.07, 6.45) is 0.409. The Balaban J connectivity index is 2.79. The number of rotatable bonds is 1. The number of hydrogen-bond acceptors (Lipinski definition) is 3. The van der Waals surface area contributed by atoms with Crippen LogP contribution in [0.5, 0.6) is 0 Å². The van der Waals surface area contributed by atoms with Crippen LogP contribution in [0, 0.1) is 5.92 Å². The lowest BCUT2D eigenvalue weighted by Crippen LogP contribution is -2.50. The lowest BCUT2D eigenvalue weighted by molar-refractivity contribution is -0.140. The Labute approximate surface area is 70.8 Å². The van der Waals surface area contributed by atoms with E-state index in [-0.39, 0.29) is 11.7 Å². The SMILES string of the molecule is CC1CCS(=O)(=O)NC1C(=O)O. The van der Waals surface area contributed by atoms with E-state index in [0.717, 1.165) is 0 Å². The molecule has 1 rings (SSSR count). The van der Waals surface area contributed by atoms with Crippen LogP contribution in [0.1, 0.15) is 13.3 Å². The van der Waals surface area contributed by atoms with Crippen molar-refractivity contribution in [2.24, 2.45) is 5.92 Å². The molecule has 5 nitrogen and oxygen atoms in total. The number of carbonyl (C=O) groups is 1. The number of nitrogens with one attached hydrogen (secondary N) is 1. The van der Waals surface area contributed by atoms with Gasteiger partial charge in [-0.15, -0.1) is 0 Å². The van der Waals surface area contributed by atoms with Crippen molar-refractivity contribution in [3.05, 3.63) is 0 Å². The van der Waals surface area contributed by atoms with E-state index in [4.69, 9.17) is 5.11 Å². The summed E-state index contributed by atoms with van der Waals surface area (Å²) >= 11 is 0. The molecule has 0 aliphatic carbocycles. The predicted molar refractivity (Wildman–Crippen MR) is 42.1 cm³/mol. The van der Waals surface area contributed by atoms with Crippen LogP contribution < -0.4 is 4.72 Å². The lowest BCUT2D eigenvalue weighted by Gasteiger charge is -2.26. The third kappa shape index (κ3) is 1.95. The monoisotopic (exact) mass is 193 g/mol. The Bertz CT molecular complexity index is 284. The fourth-order valence-electron chi connectivity index (χ4n) is 1.17. The first-order chi connectivity index (χ1) is 5.42. The van der Waals surface area contributed by atoms with Crippen molar-refractivity contribution in [3.8, 4) is 0 Å². The van der Waals surface area contributed by atoms with Crippen LogP contribution in [0.3, 0.4) is 0 Å². The van der Waals surface area contributed by atoms with Gasteiger partial charge < -0.3 is 5.11 Å². The molecule has 2 unspecified atom stereocenters. The van der Waals surface area contributed by atoms with Gasteiger partial charge in [0.15, 0.2) is 0 Å². The van der Waals surface area contributed by atoms with Crippen LogP contribution in [0.4, 0.5) is 0 Å². The summed E-state index contributed by atoms with van der Waals surface area (Å²) in [5.74, 6) is -1.21. The highest BCUT2D eigenvalue weighted by Crippen LogP contribution is 2.16. The molecule has 6 heteroatoms. The summed E-state index contributed by atoms with van der Waals surface area (Å²) in [6.45, 7) is 1.72. The number of hydrogen-bond donors (Lipinski definition) is 2. The maximum Gasteiger partial charge on any atom is 0.322 e. The molecule has 0 amide bonds. The molecule has 0 aromatic rings. The molecule has 0 bridgehead atoms. The van der Waals surface area contributed by atoms with Gasteiger partial charge in [0.2, 0.25) is 10.0 Å². The van der Waals surface area contributed by atoms with E-state index in [1.807, 2.05) is 0 Å². The van der Waals surface area contributed by atoms with E-state index < -0.39 is 22.0 Å². The zero-order valence-corrected chi connectivity index (χ0v) is 7.47. The quantitative estimate of drug-likeness (QED) is 0.582. The molecule has 1 heterocycles. The zero-order chi connectivity index (χ0) is 9.35. The smallest absolute Gasteiger partial charge is 0.322 e. The van der Waals surface area contributed by atoms with Gasteiger partial charge in [0.25, 0.3) is 0 Å². The van der Waals surface area contributed by atoms with Crippen LogP contribution in [-0.4, -0.2) is 31.3 Å². The second kappa shape index (κ2) is 3.02. The Morgan fingerprint density at radius 3 is 2.58 bits per heavy atom. The Kier molecular flexibility index (Phi) is 2.39. The van der Waals surface area contributed by atoms with Crippen molar-refractivity contribution < 1.29 is 18.3 Å². The molecule has 0 spiro atoms. The van der Waals surface area contributed by atoms with Crippen LogP contribution in [-0.2, 0) is 14.8 Å². The number of aliphatic carboxylic acids is 1. The highest BCUT2D eigenvalue weighted by molar-refractivity contribution is 7.89. The lowest BCUT2D eigenvalue weighted by atomic mass is 10.0. The van der Waals surface area contributed by atoms with Crippen molar-refractivity contribution in [2.45, 2.75) is 19.4 Å². The van der Waals surface area contributed by atoms with Gasteiger partial charge in [-0.2, -0.15) is 0 Å². The average molecular weight is 193 g/mol. The summed E-state index contributed by atoms with van der Waals surface area (Å²) in [4.78, 5) is 10.5. The summed E-state index contributed by atoms with van der Waals surface area (Å²) < 4.78 is 24.0. The standard InChI is InChI=1S/C6H11NO4S/c1-4-2-3-12(10,11)7-5(4)6(8)9/h4-5,7H,2-3H2,1H3,(H,8,9). The van der Waals surface area contributed by atoms with E-state index in [1.165, 1.54) is 0 Å². The highest BCUT2D eigenvalue weighted by atomic mass is 32.2. The van der Waals surface area contributed by atoms with Gasteiger partial charge in [0, 0.05) is 0 Å². The average Bonchev–Trinajstić information content (AvgIpc) is 1.94. The molecule has 12 heavy (non-hydrogen) atoms. The molecule has 1 fully saturated rings. The molecular formula is C6H11NO4S. The van der Waals surface area contributed by atoms with Gasteiger partial charge >= 0.3 is 5.97 Å². The van der Waals surface area contributed by atoms with Gasteiger partial charge in [-0.05, 0) is 12.3 Å².